The lowest BCUT2D eigenvalue weighted by molar-refractivity contribution is 0.509. The van der Waals surface area contributed by atoms with Crippen molar-refractivity contribution in [3.8, 4) is 11.1 Å². The van der Waals surface area contributed by atoms with Gasteiger partial charge in [0.05, 0.1) is 0 Å². The van der Waals surface area contributed by atoms with E-state index in [4.69, 9.17) is 5.73 Å². The number of rotatable bonds is 2. The van der Waals surface area contributed by atoms with Gasteiger partial charge in [-0.05, 0) is 41.8 Å². The molecule has 0 spiro atoms. The highest BCUT2D eigenvalue weighted by atomic mass is 19.2. The van der Waals surface area contributed by atoms with Crippen LogP contribution in [0.2, 0.25) is 0 Å². The van der Waals surface area contributed by atoms with Crippen LogP contribution in [-0.4, -0.2) is 0 Å². The van der Waals surface area contributed by atoms with Crippen molar-refractivity contribution in [1.29, 1.82) is 0 Å². The summed E-state index contributed by atoms with van der Waals surface area (Å²) in [7, 11) is 0. The predicted molar refractivity (Wildman–Crippen MR) is 64.4 cm³/mol. The molecule has 0 saturated heterocycles. The van der Waals surface area contributed by atoms with Crippen LogP contribution in [0.4, 0.5) is 8.78 Å². The first-order valence-corrected chi connectivity index (χ1v) is 5.39. The minimum Gasteiger partial charge on any atom is -0.324 e. The summed E-state index contributed by atoms with van der Waals surface area (Å²) in [5.41, 5.74) is 8.22. The Labute approximate surface area is 98.9 Å². The molecule has 1 unspecified atom stereocenters. The number of halogens is 2. The molecule has 88 valence electrons. The molecular weight excluding hydrogens is 220 g/mol. The Morgan fingerprint density at radius 3 is 2.29 bits per heavy atom. The Balaban J connectivity index is 2.45. The number of benzene rings is 2. The number of hydrogen-bond acceptors (Lipinski definition) is 1. The highest BCUT2D eigenvalue weighted by Crippen LogP contribution is 2.24. The van der Waals surface area contributed by atoms with Gasteiger partial charge in [-0.2, -0.15) is 0 Å². The second-order valence-corrected chi connectivity index (χ2v) is 4.04. The molecule has 0 aromatic heterocycles. The van der Waals surface area contributed by atoms with Crippen LogP contribution in [0.5, 0.6) is 0 Å². The summed E-state index contributed by atoms with van der Waals surface area (Å²) in [5.74, 6) is -1.68. The van der Waals surface area contributed by atoms with Gasteiger partial charge in [-0.25, -0.2) is 8.78 Å². The van der Waals surface area contributed by atoms with Gasteiger partial charge >= 0.3 is 0 Å². The molecule has 0 aliphatic rings. The zero-order valence-corrected chi connectivity index (χ0v) is 9.45. The molecular formula is C14H13F2N. The van der Waals surface area contributed by atoms with Crippen LogP contribution in [0.1, 0.15) is 18.5 Å². The third-order valence-electron chi connectivity index (χ3n) is 2.67. The lowest BCUT2D eigenvalue weighted by atomic mass is 10.0. The minimum atomic E-state index is -0.839. The molecule has 0 amide bonds. The van der Waals surface area contributed by atoms with E-state index in [1.54, 1.807) is 6.07 Å². The van der Waals surface area contributed by atoms with Crippen LogP contribution >= 0.6 is 0 Å². The Kier molecular flexibility index (Phi) is 3.20. The largest absolute Gasteiger partial charge is 0.324 e. The van der Waals surface area contributed by atoms with Gasteiger partial charge in [0, 0.05) is 6.04 Å². The second-order valence-electron chi connectivity index (χ2n) is 4.04. The van der Waals surface area contributed by atoms with Gasteiger partial charge in [-0.3, -0.25) is 0 Å². The lowest BCUT2D eigenvalue weighted by Gasteiger charge is -2.08. The molecule has 2 N–H and O–H groups in total. The molecule has 17 heavy (non-hydrogen) atoms. The Bertz CT molecular complexity index is 535. The average molecular weight is 233 g/mol. The summed E-state index contributed by atoms with van der Waals surface area (Å²) >= 11 is 0. The van der Waals surface area contributed by atoms with Gasteiger partial charge < -0.3 is 5.73 Å². The first kappa shape index (κ1) is 11.7. The topological polar surface area (TPSA) is 26.0 Å². The van der Waals surface area contributed by atoms with Crippen molar-refractivity contribution >= 4 is 0 Å². The van der Waals surface area contributed by atoms with E-state index in [2.05, 4.69) is 0 Å². The molecule has 1 atom stereocenters. The Morgan fingerprint density at radius 2 is 1.65 bits per heavy atom. The molecule has 0 radical (unpaired) electrons. The molecule has 0 fully saturated rings. The molecule has 2 aromatic rings. The highest BCUT2D eigenvalue weighted by Gasteiger charge is 2.06. The van der Waals surface area contributed by atoms with Crippen molar-refractivity contribution < 1.29 is 8.78 Å². The van der Waals surface area contributed by atoms with Crippen LogP contribution in [0.3, 0.4) is 0 Å². The van der Waals surface area contributed by atoms with E-state index in [1.165, 1.54) is 6.07 Å². The molecule has 2 aromatic carbocycles. The van der Waals surface area contributed by atoms with Crippen molar-refractivity contribution in [2.24, 2.45) is 5.73 Å². The van der Waals surface area contributed by atoms with E-state index < -0.39 is 11.6 Å². The zero-order chi connectivity index (χ0) is 12.4. The smallest absolute Gasteiger partial charge is 0.159 e. The summed E-state index contributed by atoms with van der Waals surface area (Å²) in [4.78, 5) is 0. The quantitative estimate of drug-likeness (QED) is 0.841. The van der Waals surface area contributed by atoms with E-state index in [0.29, 0.717) is 5.56 Å². The lowest BCUT2D eigenvalue weighted by Crippen LogP contribution is -2.04. The maximum Gasteiger partial charge on any atom is 0.159 e. The molecule has 0 aliphatic carbocycles. The van der Waals surface area contributed by atoms with Gasteiger partial charge in [-0.1, -0.05) is 24.3 Å². The van der Waals surface area contributed by atoms with Gasteiger partial charge in [0.1, 0.15) is 0 Å². The van der Waals surface area contributed by atoms with E-state index in [9.17, 15) is 8.78 Å². The first-order valence-electron chi connectivity index (χ1n) is 5.39. The summed E-state index contributed by atoms with van der Waals surface area (Å²) in [6.45, 7) is 1.88. The monoisotopic (exact) mass is 233 g/mol. The number of nitrogens with two attached hydrogens (primary N) is 1. The van der Waals surface area contributed by atoms with Crippen molar-refractivity contribution in [1.82, 2.24) is 0 Å². The van der Waals surface area contributed by atoms with E-state index in [0.717, 1.165) is 17.2 Å². The Morgan fingerprint density at radius 1 is 0.941 bits per heavy atom. The van der Waals surface area contributed by atoms with Crippen LogP contribution in [0.25, 0.3) is 11.1 Å². The van der Waals surface area contributed by atoms with Gasteiger partial charge in [-0.15, -0.1) is 0 Å². The summed E-state index contributed by atoms with van der Waals surface area (Å²) in [6.07, 6.45) is 0. The third kappa shape index (κ3) is 2.50. The van der Waals surface area contributed by atoms with Crippen LogP contribution < -0.4 is 5.73 Å². The summed E-state index contributed by atoms with van der Waals surface area (Å²) in [6, 6.07) is 11.3. The average Bonchev–Trinajstić information content (AvgIpc) is 2.33. The van der Waals surface area contributed by atoms with Crippen molar-refractivity contribution in [2.75, 3.05) is 0 Å². The normalized spacial score (nSPS) is 12.5. The van der Waals surface area contributed by atoms with Crippen molar-refractivity contribution in [3.05, 3.63) is 59.7 Å². The summed E-state index contributed by atoms with van der Waals surface area (Å²) < 4.78 is 26.0. The van der Waals surface area contributed by atoms with E-state index in [1.807, 2.05) is 31.2 Å². The fraction of sp³-hybridized carbons (Fsp3) is 0.143. The molecule has 0 bridgehead atoms. The van der Waals surface area contributed by atoms with Crippen LogP contribution in [-0.2, 0) is 0 Å². The van der Waals surface area contributed by atoms with Gasteiger partial charge in [0.2, 0.25) is 0 Å². The van der Waals surface area contributed by atoms with Crippen LogP contribution in [0, 0.1) is 11.6 Å². The minimum absolute atomic E-state index is 0.0831. The molecule has 2 rings (SSSR count). The first-order chi connectivity index (χ1) is 8.08. The van der Waals surface area contributed by atoms with E-state index >= 15 is 0 Å². The molecule has 0 heterocycles. The fourth-order valence-corrected chi connectivity index (χ4v) is 1.68. The molecule has 0 aliphatic heterocycles. The number of hydrogen-bond donors (Lipinski definition) is 1. The van der Waals surface area contributed by atoms with Crippen molar-refractivity contribution in [2.45, 2.75) is 13.0 Å². The van der Waals surface area contributed by atoms with E-state index in [-0.39, 0.29) is 6.04 Å². The SMILES string of the molecule is CC(N)c1cccc(-c2ccc(F)c(F)c2)c1. The third-order valence-corrected chi connectivity index (χ3v) is 2.67. The summed E-state index contributed by atoms with van der Waals surface area (Å²) in [5, 5.41) is 0. The standard InChI is InChI=1S/C14H13F2N/c1-9(17)10-3-2-4-11(7-10)12-5-6-13(15)14(16)8-12/h2-9H,17H2,1H3. The molecule has 3 heteroatoms. The van der Waals surface area contributed by atoms with Gasteiger partial charge in [0.15, 0.2) is 11.6 Å². The predicted octanol–water partition coefficient (Wildman–Crippen LogP) is 3.65. The van der Waals surface area contributed by atoms with Gasteiger partial charge in [0.25, 0.3) is 0 Å². The Hall–Kier alpha value is -1.74. The zero-order valence-electron chi connectivity index (χ0n) is 9.45. The maximum absolute atomic E-state index is 13.1. The highest BCUT2D eigenvalue weighted by molar-refractivity contribution is 5.64. The molecule has 1 nitrogen and oxygen atoms in total. The maximum atomic E-state index is 13.1. The van der Waals surface area contributed by atoms with Crippen molar-refractivity contribution in [3.63, 3.8) is 0 Å². The molecule has 0 saturated carbocycles. The second kappa shape index (κ2) is 4.63. The fourth-order valence-electron chi connectivity index (χ4n) is 1.68. The van der Waals surface area contributed by atoms with Crippen LogP contribution in [0.15, 0.2) is 42.5 Å².